The largest absolute Gasteiger partial charge is 0.389 e. The van der Waals surface area contributed by atoms with Crippen LogP contribution >= 0.6 is 0 Å². The second-order valence-corrected chi connectivity index (χ2v) is 7.23. The molecule has 4 rings (SSSR count). The number of aliphatic hydroxyl groups is 1. The van der Waals surface area contributed by atoms with E-state index in [4.69, 9.17) is 18.9 Å². The summed E-state index contributed by atoms with van der Waals surface area (Å²) in [6, 6.07) is 0. The third-order valence-corrected chi connectivity index (χ3v) is 5.21. The van der Waals surface area contributed by atoms with Gasteiger partial charge in [0.25, 0.3) is 0 Å². The van der Waals surface area contributed by atoms with Crippen LogP contribution in [0.15, 0.2) is 12.2 Å². The minimum atomic E-state index is -0.623. The molecule has 4 aliphatic rings. The highest BCUT2D eigenvalue weighted by Crippen LogP contribution is 2.48. The Bertz CT molecular complexity index is 454. The van der Waals surface area contributed by atoms with Crippen LogP contribution in [0.4, 0.5) is 0 Å². The van der Waals surface area contributed by atoms with Gasteiger partial charge in [0.1, 0.15) is 11.7 Å². The normalized spacial score (nSPS) is 47.1. The Morgan fingerprint density at radius 2 is 1.90 bits per heavy atom. The summed E-state index contributed by atoms with van der Waals surface area (Å²) < 4.78 is 24.4. The number of aliphatic hydroxyl groups excluding tert-OH is 1. The maximum atomic E-state index is 10.3. The molecule has 0 radical (unpaired) electrons. The molecule has 0 amide bonds. The van der Waals surface area contributed by atoms with Gasteiger partial charge in [-0.3, -0.25) is 0 Å². The van der Waals surface area contributed by atoms with Gasteiger partial charge in [0.05, 0.1) is 19.3 Å². The Balaban J connectivity index is 1.66. The van der Waals surface area contributed by atoms with E-state index in [0.29, 0.717) is 13.2 Å². The predicted octanol–water partition coefficient (Wildman–Crippen LogP) is 1.74. The first-order chi connectivity index (χ1) is 9.94. The van der Waals surface area contributed by atoms with E-state index >= 15 is 0 Å². The SMILES string of the molecule is CC1(C)OC[C@@]2(C=CC(O)[C@H]3COC4(CCCC4)O[C@@H]32)O1. The van der Waals surface area contributed by atoms with Crippen molar-refractivity contribution in [3.05, 3.63) is 12.2 Å². The third-order valence-electron chi connectivity index (χ3n) is 5.21. The summed E-state index contributed by atoms with van der Waals surface area (Å²) in [6.07, 6.45) is 7.08. The second-order valence-electron chi connectivity index (χ2n) is 7.23. The van der Waals surface area contributed by atoms with Gasteiger partial charge in [-0.25, -0.2) is 0 Å². The topological polar surface area (TPSA) is 57.2 Å². The van der Waals surface area contributed by atoms with Gasteiger partial charge in [-0.05, 0) is 32.8 Å². The van der Waals surface area contributed by atoms with Crippen molar-refractivity contribution in [1.29, 1.82) is 0 Å². The summed E-state index contributed by atoms with van der Waals surface area (Å²) in [7, 11) is 0. The van der Waals surface area contributed by atoms with Crippen molar-refractivity contribution in [2.45, 2.75) is 68.9 Å². The number of hydrogen-bond acceptors (Lipinski definition) is 5. The van der Waals surface area contributed by atoms with Crippen molar-refractivity contribution in [3.63, 3.8) is 0 Å². The van der Waals surface area contributed by atoms with E-state index in [1.54, 1.807) is 6.08 Å². The first-order valence-electron chi connectivity index (χ1n) is 7.97. The lowest BCUT2D eigenvalue weighted by Crippen LogP contribution is -2.62. The Hall–Kier alpha value is -0.460. The molecule has 0 aromatic carbocycles. The highest BCUT2D eigenvalue weighted by atomic mass is 16.8. The molecule has 0 aromatic rings. The van der Waals surface area contributed by atoms with Gasteiger partial charge < -0.3 is 24.1 Å². The summed E-state index contributed by atoms with van der Waals surface area (Å²) in [5.41, 5.74) is -0.604. The maximum absolute atomic E-state index is 10.3. The fourth-order valence-electron chi connectivity index (χ4n) is 4.13. The first-order valence-corrected chi connectivity index (χ1v) is 7.97. The predicted molar refractivity (Wildman–Crippen MR) is 74.5 cm³/mol. The Morgan fingerprint density at radius 1 is 1.14 bits per heavy atom. The number of rotatable bonds is 0. The van der Waals surface area contributed by atoms with E-state index in [2.05, 4.69) is 0 Å². The van der Waals surface area contributed by atoms with Crippen LogP contribution in [-0.2, 0) is 18.9 Å². The minimum absolute atomic E-state index is 0.0984. The lowest BCUT2D eigenvalue weighted by atomic mass is 9.78. The summed E-state index contributed by atoms with van der Waals surface area (Å²) in [4.78, 5) is 0. The summed E-state index contributed by atoms with van der Waals surface area (Å²) in [6.45, 7) is 4.81. The van der Waals surface area contributed by atoms with Crippen molar-refractivity contribution in [2.75, 3.05) is 13.2 Å². The second kappa shape index (κ2) is 4.52. The van der Waals surface area contributed by atoms with Gasteiger partial charge in [0, 0.05) is 18.8 Å². The van der Waals surface area contributed by atoms with Gasteiger partial charge in [0.15, 0.2) is 11.6 Å². The summed E-state index contributed by atoms with van der Waals surface area (Å²) >= 11 is 0. The van der Waals surface area contributed by atoms with E-state index in [9.17, 15) is 5.11 Å². The van der Waals surface area contributed by atoms with Gasteiger partial charge in [-0.15, -0.1) is 0 Å². The average Bonchev–Trinajstić information content (AvgIpc) is 3.01. The van der Waals surface area contributed by atoms with Crippen LogP contribution in [0.1, 0.15) is 39.5 Å². The minimum Gasteiger partial charge on any atom is -0.389 e. The lowest BCUT2D eigenvalue weighted by molar-refractivity contribution is -0.343. The van der Waals surface area contributed by atoms with Gasteiger partial charge in [-0.1, -0.05) is 6.08 Å². The maximum Gasteiger partial charge on any atom is 0.168 e. The average molecular weight is 296 g/mol. The molecule has 2 heterocycles. The Kier molecular flexibility index (Phi) is 3.05. The molecule has 3 fully saturated rings. The van der Waals surface area contributed by atoms with Crippen molar-refractivity contribution >= 4 is 0 Å². The quantitative estimate of drug-likeness (QED) is 0.690. The van der Waals surface area contributed by atoms with Gasteiger partial charge >= 0.3 is 0 Å². The van der Waals surface area contributed by atoms with Crippen LogP contribution < -0.4 is 0 Å². The number of hydrogen-bond donors (Lipinski definition) is 1. The highest BCUT2D eigenvalue weighted by molar-refractivity contribution is 5.20. The van der Waals surface area contributed by atoms with Crippen LogP contribution in [0.2, 0.25) is 0 Å². The molecule has 5 nitrogen and oxygen atoms in total. The molecule has 1 unspecified atom stereocenters. The zero-order valence-electron chi connectivity index (χ0n) is 12.7. The van der Waals surface area contributed by atoms with Gasteiger partial charge in [-0.2, -0.15) is 0 Å². The molecule has 4 atom stereocenters. The Morgan fingerprint density at radius 3 is 2.57 bits per heavy atom. The first kappa shape index (κ1) is 14.2. The molecule has 1 saturated carbocycles. The Labute approximate surface area is 125 Å². The fourth-order valence-corrected chi connectivity index (χ4v) is 4.13. The zero-order valence-corrected chi connectivity index (χ0v) is 12.7. The van der Waals surface area contributed by atoms with Crippen molar-refractivity contribution in [3.8, 4) is 0 Å². The molecule has 2 aliphatic heterocycles. The molecule has 2 saturated heterocycles. The van der Waals surface area contributed by atoms with Crippen molar-refractivity contribution in [2.24, 2.45) is 5.92 Å². The molecule has 0 bridgehead atoms. The van der Waals surface area contributed by atoms with E-state index < -0.39 is 23.3 Å². The van der Waals surface area contributed by atoms with Crippen LogP contribution in [0, 0.1) is 5.92 Å². The molecule has 1 N–H and O–H groups in total. The van der Waals surface area contributed by atoms with Crippen LogP contribution in [0.3, 0.4) is 0 Å². The molecule has 0 aromatic heterocycles. The van der Waals surface area contributed by atoms with Crippen LogP contribution in [0.5, 0.6) is 0 Å². The van der Waals surface area contributed by atoms with Crippen LogP contribution in [0.25, 0.3) is 0 Å². The van der Waals surface area contributed by atoms with E-state index in [1.807, 2.05) is 19.9 Å². The monoisotopic (exact) mass is 296 g/mol. The number of ether oxygens (including phenoxy) is 4. The van der Waals surface area contributed by atoms with Crippen LogP contribution in [-0.4, -0.2) is 47.7 Å². The standard InChI is InChI=1S/C16H24O5/c1-14(2)19-10-15(21-14)8-5-12(17)11-9-18-16(20-13(11)15)6-3-4-7-16/h5,8,11-13,17H,3-4,6-7,9-10H2,1-2H3/t11-,12?,13+,15-/m1/s1. The molecule has 5 heteroatoms. The summed E-state index contributed by atoms with van der Waals surface area (Å²) in [5, 5.41) is 10.3. The molecule has 2 spiro atoms. The fraction of sp³-hybridized carbons (Fsp3) is 0.875. The van der Waals surface area contributed by atoms with E-state index in [0.717, 1.165) is 25.7 Å². The number of fused-ring (bicyclic) bond motifs is 2. The highest BCUT2D eigenvalue weighted by Gasteiger charge is 2.59. The van der Waals surface area contributed by atoms with E-state index in [-0.39, 0.29) is 12.0 Å². The zero-order chi connectivity index (χ0) is 14.7. The third kappa shape index (κ3) is 2.18. The summed E-state index contributed by atoms with van der Waals surface area (Å²) in [5.74, 6) is -1.20. The smallest absolute Gasteiger partial charge is 0.168 e. The van der Waals surface area contributed by atoms with Crippen molar-refractivity contribution < 1.29 is 24.1 Å². The van der Waals surface area contributed by atoms with E-state index in [1.165, 1.54) is 0 Å². The molecular weight excluding hydrogens is 272 g/mol. The van der Waals surface area contributed by atoms with Crippen molar-refractivity contribution in [1.82, 2.24) is 0 Å². The molecule has 118 valence electrons. The van der Waals surface area contributed by atoms with Gasteiger partial charge in [0.2, 0.25) is 0 Å². The molecular formula is C16H24O5. The molecule has 2 aliphatic carbocycles. The molecule has 21 heavy (non-hydrogen) atoms. The lowest BCUT2D eigenvalue weighted by Gasteiger charge is -2.51.